The third kappa shape index (κ3) is 4.48. The van der Waals surface area contributed by atoms with Gasteiger partial charge in [0.1, 0.15) is 11.4 Å². The molecule has 5 heteroatoms. The van der Waals surface area contributed by atoms with E-state index in [1.807, 2.05) is 33.8 Å². The summed E-state index contributed by atoms with van der Waals surface area (Å²) in [6, 6.07) is 1.65. The fraction of sp³-hybridized carbons (Fsp3) is 0.583. The number of furan rings is 1. The average molecular weight is 240 g/mol. The van der Waals surface area contributed by atoms with Gasteiger partial charge in [0, 0.05) is 5.56 Å². The first-order chi connectivity index (χ1) is 7.81. The molecule has 1 aromatic heterocycles. The molecule has 0 saturated heterocycles. The molecule has 5 nitrogen and oxygen atoms in total. The van der Waals surface area contributed by atoms with Gasteiger partial charge in [-0.1, -0.05) is 0 Å². The summed E-state index contributed by atoms with van der Waals surface area (Å²) in [6.45, 7) is 7.67. The Morgan fingerprint density at radius 1 is 1.59 bits per heavy atom. The van der Waals surface area contributed by atoms with E-state index in [0.717, 1.165) is 5.56 Å². The lowest BCUT2D eigenvalue weighted by Gasteiger charge is -2.21. The first-order valence-electron chi connectivity index (χ1n) is 5.58. The van der Waals surface area contributed by atoms with Gasteiger partial charge in [0.15, 0.2) is 0 Å². The zero-order valence-electron chi connectivity index (χ0n) is 10.7. The van der Waals surface area contributed by atoms with Crippen LogP contribution in [0.5, 0.6) is 0 Å². The van der Waals surface area contributed by atoms with Gasteiger partial charge in [-0.2, -0.15) is 0 Å². The van der Waals surface area contributed by atoms with E-state index in [0.29, 0.717) is 12.3 Å². The molecular weight excluding hydrogens is 220 g/mol. The Balaban J connectivity index is 2.54. The highest BCUT2D eigenvalue weighted by atomic mass is 16.6. The van der Waals surface area contributed by atoms with E-state index >= 15 is 0 Å². The SMILES string of the molecule is CC(NC(=O)OC(C)(C)C)c1coc(CN)c1. The van der Waals surface area contributed by atoms with Gasteiger partial charge in [-0.15, -0.1) is 0 Å². The number of alkyl carbamates (subject to hydrolysis) is 1. The highest BCUT2D eigenvalue weighted by molar-refractivity contribution is 5.68. The van der Waals surface area contributed by atoms with Crippen LogP contribution in [0.2, 0.25) is 0 Å². The van der Waals surface area contributed by atoms with Crippen LogP contribution in [0.1, 0.15) is 45.1 Å². The summed E-state index contributed by atoms with van der Waals surface area (Å²) in [5, 5.41) is 2.73. The lowest BCUT2D eigenvalue weighted by atomic mass is 10.1. The number of rotatable bonds is 3. The van der Waals surface area contributed by atoms with Crippen molar-refractivity contribution >= 4 is 6.09 Å². The van der Waals surface area contributed by atoms with Gasteiger partial charge < -0.3 is 20.2 Å². The maximum absolute atomic E-state index is 11.5. The van der Waals surface area contributed by atoms with Gasteiger partial charge in [0.2, 0.25) is 0 Å². The van der Waals surface area contributed by atoms with Crippen molar-refractivity contribution < 1.29 is 13.9 Å². The Hall–Kier alpha value is -1.49. The molecule has 1 heterocycles. The van der Waals surface area contributed by atoms with Crippen LogP contribution in [0, 0.1) is 0 Å². The summed E-state index contributed by atoms with van der Waals surface area (Å²) < 4.78 is 10.4. The van der Waals surface area contributed by atoms with E-state index in [1.54, 1.807) is 6.26 Å². The minimum Gasteiger partial charge on any atom is -0.468 e. The van der Waals surface area contributed by atoms with Gasteiger partial charge in [-0.25, -0.2) is 4.79 Å². The summed E-state index contributed by atoms with van der Waals surface area (Å²) >= 11 is 0. The van der Waals surface area contributed by atoms with Gasteiger partial charge >= 0.3 is 6.09 Å². The molecule has 0 spiro atoms. The normalized spacial score (nSPS) is 13.2. The minimum atomic E-state index is -0.497. The molecule has 1 rings (SSSR count). The Kier molecular flexibility index (Phi) is 4.17. The minimum absolute atomic E-state index is 0.172. The standard InChI is InChI=1S/C12H20N2O3/c1-8(9-5-10(6-13)16-7-9)14-11(15)17-12(2,3)4/h5,7-8H,6,13H2,1-4H3,(H,14,15). The van der Waals surface area contributed by atoms with E-state index < -0.39 is 11.7 Å². The molecule has 0 bridgehead atoms. The molecule has 1 unspecified atom stereocenters. The number of nitrogens with two attached hydrogens (primary N) is 1. The van der Waals surface area contributed by atoms with Crippen molar-refractivity contribution in [3.63, 3.8) is 0 Å². The Bertz CT molecular complexity index is 379. The monoisotopic (exact) mass is 240 g/mol. The summed E-state index contributed by atoms with van der Waals surface area (Å²) in [5.74, 6) is 0.692. The lowest BCUT2D eigenvalue weighted by molar-refractivity contribution is 0.0508. The predicted molar refractivity (Wildman–Crippen MR) is 64.4 cm³/mol. The number of hydrogen-bond donors (Lipinski definition) is 2. The van der Waals surface area contributed by atoms with Crippen LogP contribution in [-0.2, 0) is 11.3 Å². The Morgan fingerprint density at radius 3 is 2.71 bits per heavy atom. The Morgan fingerprint density at radius 2 is 2.24 bits per heavy atom. The topological polar surface area (TPSA) is 77.5 Å². The van der Waals surface area contributed by atoms with E-state index in [9.17, 15) is 4.79 Å². The number of nitrogens with one attached hydrogen (secondary N) is 1. The van der Waals surface area contributed by atoms with E-state index in [-0.39, 0.29) is 6.04 Å². The fourth-order valence-corrected chi connectivity index (χ4v) is 1.30. The number of hydrogen-bond acceptors (Lipinski definition) is 4. The summed E-state index contributed by atoms with van der Waals surface area (Å²) in [7, 11) is 0. The van der Waals surface area contributed by atoms with Crippen molar-refractivity contribution in [1.82, 2.24) is 5.32 Å². The lowest BCUT2D eigenvalue weighted by Crippen LogP contribution is -2.33. The number of ether oxygens (including phenoxy) is 1. The van der Waals surface area contributed by atoms with Crippen LogP contribution in [0.4, 0.5) is 4.79 Å². The second-order valence-electron chi connectivity index (χ2n) is 4.92. The molecule has 0 aromatic carbocycles. The maximum Gasteiger partial charge on any atom is 0.408 e. The molecule has 1 amide bonds. The van der Waals surface area contributed by atoms with Crippen LogP contribution in [-0.4, -0.2) is 11.7 Å². The molecule has 1 atom stereocenters. The molecule has 0 aliphatic heterocycles. The zero-order chi connectivity index (χ0) is 13.1. The highest BCUT2D eigenvalue weighted by Gasteiger charge is 2.18. The third-order valence-corrected chi connectivity index (χ3v) is 2.11. The molecule has 0 aliphatic carbocycles. The number of carbonyl (C=O) groups excluding carboxylic acids is 1. The zero-order valence-corrected chi connectivity index (χ0v) is 10.7. The van der Waals surface area contributed by atoms with Crippen molar-refractivity contribution in [2.45, 2.75) is 45.9 Å². The van der Waals surface area contributed by atoms with Crippen LogP contribution >= 0.6 is 0 Å². The second-order valence-corrected chi connectivity index (χ2v) is 4.92. The molecule has 0 radical (unpaired) electrons. The van der Waals surface area contributed by atoms with E-state index in [1.165, 1.54) is 0 Å². The summed E-state index contributed by atoms with van der Waals surface area (Å²) in [5.41, 5.74) is 5.82. The fourth-order valence-electron chi connectivity index (χ4n) is 1.30. The van der Waals surface area contributed by atoms with Crippen LogP contribution < -0.4 is 11.1 Å². The van der Waals surface area contributed by atoms with Gasteiger partial charge in [-0.05, 0) is 33.8 Å². The molecule has 0 saturated carbocycles. The second kappa shape index (κ2) is 5.23. The quantitative estimate of drug-likeness (QED) is 0.850. The molecule has 1 aromatic rings. The summed E-state index contributed by atoms with van der Waals surface area (Å²) in [6.07, 6.45) is 1.14. The Labute approximate surface area is 101 Å². The molecule has 0 aliphatic rings. The van der Waals surface area contributed by atoms with Gasteiger partial charge in [0.25, 0.3) is 0 Å². The molecule has 17 heavy (non-hydrogen) atoms. The third-order valence-electron chi connectivity index (χ3n) is 2.11. The van der Waals surface area contributed by atoms with E-state index in [2.05, 4.69) is 5.32 Å². The predicted octanol–water partition coefficient (Wildman–Crippen LogP) is 2.32. The summed E-state index contributed by atoms with van der Waals surface area (Å²) in [4.78, 5) is 11.5. The first-order valence-corrected chi connectivity index (χ1v) is 5.58. The van der Waals surface area contributed by atoms with Crippen molar-refractivity contribution in [2.75, 3.05) is 0 Å². The van der Waals surface area contributed by atoms with Gasteiger partial charge in [-0.3, -0.25) is 0 Å². The molecule has 0 fully saturated rings. The molecule has 3 N–H and O–H groups in total. The van der Waals surface area contributed by atoms with Crippen molar-refractivity contribution in [2.24, 2.45) is 5.73 Å². The first kappa shape index (κ1) is 13.6. The van der Waals surface area contributed by atoms with Crippen LogP contribution in [0.25, 0.3) is 0 Å². The van der Waals surface area contributed by atoms with Crippen molar-refractivity contribution in [1.29, 1.82) is 0 Å². The molecule has 96 valence electrons. The molecular formula is C12H20N2O3. The van der Waals surface area contributed by atoms with E-state index in [4.69, 9.17) is 14.9 Å². The maximum atomic E-state index is 11.5. The average Bonchev–Trinajstić information content (AvgIpc) is 2.62. The number of carbonyl (C=O) groups is 1. The van der Waals surface area contributed by atoms with Crippen molar-refractivity contribution in [3.8, 4) is 0 Å². The van der Waals surface area contributed by atoms with Crippen LogP contribution in [0.3, 0.4) is 0 Å². The number of amides is 1. The van der Waals surface area contributed by atoms with Gasteiger partial charge in [0.05, 0.1) is 18.8 Å². The van der Waals surface area contributed by atoms with Crippen LogP contribution in [0.15, 0.2) is 16.7 Å². The van der Waals surface area contributed by atoms with Crippen molar-refractivity contribution in [3.05, 3.63) is 23.7 Å². The largest absolute Gasteiger partial charge is 0.468 e. The highest BCUT2D eigenvalue weighted by Crippen LogP contribution is 2.16. The smallest absolute Gasteiger partial charge is 0.408 e.